The van der Waals surface area contributed by atoms with E-state index in [2.05, 4.69) is 27.2 Å². The average molecular weight is 367 g/mol. The number of hydrogen-bond donors (Lipinski definition) is 1. The topological polar surface area (TPSA) is 74.5 Å². The van der Waals surface area contributed by atoms with Crippen molar-refractivity contribution in [3.8, 4) is 5.69 Å². The Balaban J connectivity index is 1.56. The number of hydrogen-bond acceptors (Lipinski definition) is 5. The van der Waals surface area contributed by atoms with Gasteiger partial charge in [-0.15, -0.1) is 15.0 Å². The highest BCUT2D eigenvalue weighted by molar-refractivity contribution is 5.91. The predicted octanol–water partition coefficient (Wildman–Crippen LogP) is 2.43. The van der Waals surface area contributed by atoms with E-state index in [-0.39, 0.29) is 11.5 Å². The van der Waals surface area contributed by atoms with Gasteiger partial charge in [0.15, 0.2) is 5.82 Å². The first kappa shape index (κ1) is 17.0. The van der Waals surface area contributed by atoms with Crippen LogP contribution in [0.1, 0.15) is 10.5 Å². The fourth-order valence-electron chi connectivity index (χ4n) is 3.16. The summed E-state index contributed by atoms with van der Waals surface area (Å²) in [6, 6.07) is 15.7. The van der Waals surface area contributed by atoms with Gasteiger partial charge in [-0.2, -0.15) is 0 Å². The molecule has 2 aromatic carbocycles. The summed E-state index contributed by atoms with van der Waals surface area (Å²) in [6.07, 6.45) is 0. The highest BCUT2D eigenvalue weighted by atomic mass is 19.1. The molecule has 4 rings (SSSR count). The minimum absolute atomic E-state index is 0.104. The standard InChI is InChI=1S/C19H18FN5O2/c20-14-6-8-16(9-7-14)25-21-17(19(26)27)18(22-25)24-12-10-23(11-13-24)15-4-2-1-3-5-15/h1-9H,10-13H2,(H,26,27). The van der Waals surface area contributed by atoms with Crippen molar-refractivity contribution in [2.24, 2.45) is 0 Å². The Labute approximate surface area is 155 Å². The minimum Gasteiger partial charge on any atom is -0.476 e. The van der Waals surface area contributed by atoms with Gasteiger partial charge >= 0.3 is 5.97 Å². The van der Waals surface area contributed by atoms with Crippen LogP contribution in [0.2, 0.25) is 0 Å². The van der Waals surface area contributed by atoms with Crippen molar-refractivity contribution in [1.29, 1.82) is 0 Å². The van der Waals surface area contributed by atoms with E-state index in [0.717, 1.165) is 18.8 Å². The Morgan fingerprint density at radius 3 is 2.11 bits per heavy atom. The number of halogens is 1. The molecule has 3 aromatic rings. The lowest BCUT2D eigenvalue weighted by Gasteiger charge is -2.36. The van der Waals surface area contributed by atoms with Gasteiger partial charge in [-0.05, 0) is 36.4 Å². The Hall–Kier alpha value is -3.42. The maximum absolute atomic E-state index is 13.1. The van der Waals surface area contributed by atoms with Crippen LogP contribution in [0.3, 0.4) is 0 Å². The zero-order chi connectivity index (χ0) is 18.8. The summed E-state index contributed by atoms with van der Waals surface area (Å²) in [4.78, 5) is 17.1. The molecule has 0 amide bonds. The Morgan fingerprint density at radius 2 is 1.48 bits per heavy atom. The third-order valence-electron chi connectivity index (χ3n) is 4.56. The van der Waals surface area contributed by atoms with E-state index < -0.39 is 5.97 Å². The molecule has 1 fully saturated rings. The van der Waals surface area contributed by atoms with E-state index in [1.54, 1.807) is 0 Å². The number of carboxylic acid groups (broad SMARTS) is 1. The molecule has 1 aliphatic heterocycles. The van der Waals surface area contributed by atoms with Crippen LogP contribution >= 0.6 is 0 Å². The molecule has 1 N–H and O–H groups in total. The molecule has 0 unspecified atom stereocenters. The zero-order valence-corrected chi connectivity index (χ0v) is 14.5. The molecular formula is C19H18FN5O2. The van der Waals surface area contributed by atoms with Gasteiger partial charge in [0, 0.05) is 31.9 Å². The molecule has 7 nitrogen and oxygen atoms in total. The molecule has 0 radical (unpaired) electrons. The van der Waals surface area contributed by atoms with Gasteiger partial charge < -0.3 is 14.9 Å². The van der Waals surface area contributed by atoms with E-state index in [9.17, 15) is 14.3 Å². The first-order chi connectivity index (χ1) is 13.1. The number of piperazine rings is 1. The largest absolute Gasteiger partial charge is 0.476 e. The molecule has 1 aromatic heterocycles. The number of rotatable bonds is 4. The predicted molar refractivity (Wildman–Crippen MR) is 99.1 cm³/mol. The number of aromatic carboxylic acids is 1. The van der Waals surface area contributed by atoms with Gasteiger partial charge in [-0.25, -0.2) is 9.18 Å². The summed E-state index contributed by atoms with van der Waals surface area (Å²) in [5.74, 6) is -1.18. The van der Waals surface area contributed by atoms with Gasteiger partial charge in [0.25, 0.3) is 0 Å². The third kappa shape index (κ3) is 3.46. The fourth-order valence-corrected chi connectivity index (χ4v) is 3.16. The summed E-state index contributed by atoms with van der Waals surface area (Å²) in [5, 5.41) is 18.0. The van der Waals surface area contributed by atoms with Crippen molar-refractivity contribution < 1.29 is 14.3 Å². The van der Waals surface area contributed by atoms with Gasteiger partial charge in [0.2, 0.25) is 5.69 Å². The summed E-state index contributed by atoms with van der Waals surface area (Å²) >= 11 is 0. The van der Waals surface area contributed by atoms with Crippen molar-refractivity contribution >= 4 is 17.5 Å². The van der Waals surface area contributed by atoms with Crippen molar-refractivity contribution in [2.75, 3.05) is 36.0 Å². The van der Waals surface area contributed by atoms with E-state index in [1.807, 2.05) is 23.1 Å². The van der Waals surface area contributed by atoms with Crippen molar-refractivity contribution in [3.63, 3.8) is 0 Å². The fraction of sp³-hybridized carbons (Fsp3) is 0.211. The molecule has 138 valence electrons. The van der Waals surface area contributed by atoms with Crippen molar-refractivity contribution in [3.05, 3.63) is 66.1 Å². The lowest BCUT2D eigenvalue weighted by atomic mass is 10.2. The highest BCUT2D eigenvalue weighted by Crippen LogP contribution is 2.22. The summed E-state index contributed by atoms with van der Waals surface area (Å²) < 4.78 is 13.1. The molecule has 0 saturated carbocycles. The van der Waals surface area contributed by atoms with Crippen LogP contribution in [-0.2, 0) is 0 Å². The van der Waals surface area contributed by atoms with E-state index in [0.29, 0.717) is 24.6 Å². The van der Waals surface area contributed by atoms with Gasteiger partial charge in [-0.1, -0.05) is 18.2 Å². The summed E-state index contributed by atoms with van der Waals surface area (Å²) in [5.41, 5.74) is 1.55. The first-order valence-electron chi connectivity index (χ1n) is 8.63. The average Bonchev–Trinajstić information content (AvgIpc) is 3.15. The molecule has 27 heavy (non-hydrogen) atoms. The molecule has 0 aliphatic carbocycles. The molecule has 0 spiro atoms. The van der Waals surface area contributed by atoms with Crippen LogP contribution < -0.4 is 9.80 Å². The third-order valence-corrected chi connectivity index (χ3v) is 4.56. The van der Waals surface area contributed by atoms with Crippen LogP contribution in [0.25, 0.3) is 5.69 Å². The highest BCUT2D eigenvalue weighted by Gasteiger charge is 2.26. The lowest BCUT2D eigenvalue weighted by Crippen LogP contribution is -2.47. The van der Waals surface area contributed by atoms with Crippen LogP contribution in [0.15, 0.2) is 54.6 Å². The van der Waals surface area contributed by atoms with Crippen LogP contribution in [0.5, 0.6) is 0 Å². The molecule has 2 heterocycles. The first-order valence-corrected chi connectivity index (χ1v) is 8.63. The van der Waals surface area contributed by atoms with Gasteiger partial charge in [-0.3, -0.25) is 0 Å². The number of benzene rings is 2. The molecule has 1 aliphatic rings. The maximum Gasteiger partial charge on any atom is 0.360 e. The van der Waals surface area contributed by atoms with Crippen LogP contribution in [0, 0.1) is 5.82 Å². The zero-order valence-electron chi connectivity index (χ0n) is 14.5. The molecule has 1 saturated heterocycles. The molecule has 0 atom stereocenters. The van der Waals surface area contributed by atoms with Crippen LogP contribution in [-0.4, -0.2) is 52.2 Å². The molecule has 8 heteroatoms. The summed E-state index contributed by atoms with van der Waals surface area (Å²) in [7, 11) is 0. The lowest BCUT2D eigenvalue weighted by molar-refractivity contribution is 0.0690. The summed E-state index contributed by atoms with van der Waals surface area (Å²) in [6.45, 7) is 2.79. The van der Waals surface area contributed by atoms with Gasteiger partial charge in [0.1, 0.15) is 5.82 Å². The Morgan fingerprint density at radius 1 is 0.852 bits per heavy atom. The van der Waals surface area contributed by atoms with E-state index >= 15 is 0 Å². The van der Waals surface area contributed by atoms with E-state index in [1.165, 1.54) is 29.1 Å². The number of para-hydroxylation sites is 1. The molecular weight excluding hydrogens is 349 g/mol. The second-order valence-electron chi connectivity index (χ2n) is 6.25. The van der Waals surface area contributed by atoms with Crippen molar-refractivity contribution in [2.45, 2.75) is 0 Å². The van der Waals surface area contributed by atoms with Gasteiger partial charge in [0.05, 0.1) is 5.69 Å². The Bertz CT molecular complexity index is 934. The number of anilines is 2. The minimum atomic E-state index is -1.14. The smallest absolute Gasteiger partial charge is 0.360 e. The van der Waals surface area contributed by atoms with E-state index in [4.69, 9.17) is 0 Å². The van der Waals surface area contributed by atoms with Crippen molar-refractivity contribution in [1.82, 2.24) is 15.0 Å². The SMILES string of the molecule is O=C(O)c1nn(-c2ccc(F)cc2)nc1N1CCN(c2ccccc2)CC1. The maximum atomic E-state index is 13.1. The number of carbonyl (C=O) groups is 1. The van der Waals surface area contributed by atoms with Crippen LogP contribution in [0.4, 0.5) is 15.9 Å². The normalized spacial score (nSPS) is 14.4. The number of carboxylic acids is 1. The second kappa shape index (κ2) is 7.06. The Kier molecular flexibility index (Phi) is 4.45. The number of nitrogens with zero attached hydrogens (tertiary/aromatic N) is 5. The number of aromatic nitrogens is 3. The monoisotopic (exact) mass is 367 g/mol. The quantitative estimate of drug-likeness (QED) is 0.763. The second-order valence-corrected chi connectivity index (χ2v) is 6.25. The molecule has 0 bridgehead atoms.